The first-order valence-electron chi connectivity index (χ1n) is 5.21. The van der Waals surface area contributed by atoms with Crippen LogP contribution in [-0.4, -0.2) is 45.3 Å². The Kier molecular flexibility index (Phi) is 3.89. The fraction of sp³-hybridized carbons (Fsp3) is 0.600. The third-order valence-corrected chi connectivity index (χ3v) is 2.41. The zero-order chi connectivity index (χ0) is 12.3. The van der Waals surface area contributed by atoms with Gasteiger partial charge in [0.1, 0.15) is 5.56 Å². The maximum Gasteiger partial charge on any atom is 0.259 e. The molecule has 0 atom stereocenters. The molecule has 1 heterocycles. The summed E-state index contributed by atoms with van der Waals surface area (Å²) in [4.78, 5) is 13.7. The summed E-state index contributed by atoms with van der Waals surface area (Å²) in [6.45, 7) is 5.74. The molecule has 16 heavy (non-hydrogen) atoms. The van der Waals surface area contributed by atoms with E-state index in [4.69, 9.17) is 10.8 Å². The number of aliphatic hydroxyl groups excluding tert-OH is 1. The zero-order valence-electron chi connectivity index (χ0n) is 9.82. The van der Waals surface area contributed by atoms with Crippen molar-refractivity contribution >= 4 is 11.7 Å². The fourth-order valence-electron chi connectivity index (χ4n) is 1.56. The maximum atomic E-state index is 12.2. The molecule has 1 aromatic heterocycles. The second kappa shape index (κ2) is 4.98. The second-order valence-electron chi connectivity index (χ2n) is 3.92. The SMILES string of the molecule is Cc1[nH]nc(N)c1C(=O)N(CCO)C(C)C. The van der Waals surface area contributed by atoms with Crippen LogP contribution in [0.2, 0.25) is 0 Å². The number of amides is 1. The maximum absolute atomic E-state index is 12.2. The minimum atomic E-state index is -0.201. The Morgan fingerprint density at radius 3 is 2.62 bits per heavy atom. The molecule has 6 heteroatoms. The van der Waals surface area contributed by atoms with Crippen molar-refractivity contribution in [3.8, 4) is 0 Å². The molecule has 0 radical (unpaired) electrons. The van der Waals surface area contributed by atoms with Crippen LogP contribution in [0.4, 0.5) is 5.82 Å². The van der Waals surface area contributed by atoms with Crippen LogP contribution in [0.15, 0.2) is 0 Å². The summed E-state index contributed by atoms with van der Waals surface area (Å²) in [7, 11) is 0. The van der Waals surface area contributed by atoms with Crippen molar-refractivity contribution in [3.05, 3.63) is 11.3 Å². The smallest absolute Gasteiger partial charge is 0.259 e. The molecular formula is C10H18N4O2. The van der Waals surface area contributed by atoms with Crippen LogP contribution in [0, 0.1) is 6.92 Å². The van der Waals surface area contributed by atoms with E-state index in [1.165, 1.54) is 0 Å². The lowest BCUT2D eigenvalue weighted by Gasteiger charge is -2.25. The van der Waals surface area contributed by atoms with Gasteiger partial charge in [-0.05, 0) is 20.8 Å². The number of nitrogen functional groups attached to an aromatic ring is 1. The fourth-order valence-corrected chi connectivity index (χ4v) is 1.56. The Bertz CT molecular complexity index is 353. The molecule has 0 aromatic carbocycles. The number of rotatable bonds is 4. The number of aryl methyl sites for hydroxylation is 1. The van der Waals surface area contributed by atoms with Gasteiger partial charge in [0, 0.05) is 18.3 Å². The van der Waals surface area contributed by atoms with Crippen LogP contribution in [0.25, 0.3) is 0 Å². The highest BCUT2D eigenvalue weighted by atomic mass is 16.3. The van der Waals surface area contributed by atoms with E-state index in [1.807, 2.05) is 13.8 Å². The third-order valence-electron chi connectivity index (χ3n) is 2.41. The van der Waals surface area contributed by atoms with Crippen LogP contribution in [0.3, 0.4) is 0 Å². The number of hydrogen-bond donors (Lipinski definition) is 3. The van der Waals surface area contributed by atoms with Gasteiger partial charge < -0.3 is 15.7 Å². The molecule has 1 aromatic rings. The van der Waals surface area contributed by atoms with Gasteiger partial charge in [-0.25, -0.2) is 0 Å². The van der Waals surface area contributed by atoms with Crippen molar-refractivity contribution in [1.29, 1.82) is 0 Å². The summed E-state index contributed by atoms with van der Waals surface area (Å²) < 4.78 is 0. The molecule has 1 rings (SSSR count). The van der Waals surface area contributed by atoms with E-state index in [0.717, 1.165) is 0 Å². The molecule has 0 fully saturated rings. The van der Waals surface area contributed by atoms with Gasteiger partial charge in [-0.1, -0.05) is 0 Å². The lowest BCUT2D eigenvalue weighted by atomic mass is 10.2. The molecule has 0 spiro atoms. The number of carbonyl (C=O) groups is 1. The first-order chi connectivity index (χ1) is 7.49. The van der Waals surface area contributed by atoms with Crippen LogP contribution < -0.4 is 5.73 Å². The molecule has 6 nitrogen and oxygen atoms in total. The van der Waals surface area contributed by atoms with E-state index in [1.54, 1.807) is 11.8 Å². The molecule has 1 amide bonds. The Morgan fingerprint density at radius 2 is 2.25 bits per heavy atom. The van der Waals surface area contributed by atoms with E-state index >= 15 is 0 Å². The van der Waals surface area contributed by atoms with Crippen molar-refractivity contribution in [1.82, 2.24) is 15.1 Å². The number of anilines is 1. The lowest BCUT2D eigenvalue weighted by Crippen LogP contribution is -2.39. The lowest BCUT2D eigenvalue weighted by molar-refractivity contribution is 0.0666. The van der Waals surface area contributed by atoms with Gasteiger partial charge in [0.25, 0.3) is 5.91 Å². The Morgan fingerprint density at radius 1 is 1.62 bits per heavy atom. The zero-order valence-corrected chi connectivity index (χ0v) is 9.82. The van der Waals surface area contributed by atoms with E-state index in [2.05, 4.69) is 10.2 Å². The summed E-state index contributed by atoms with van der Waals surface area (Å²) in [5, 5.41) is 15.4. The first-order valence-corrected chi connectivity index (χ1v) is 5.21. The van der Waals surface area contributed by atoms with Gasteiger partial charge in [-0.2, -0.15) is 5.10 Å². The molecule has 0 aliphatic heterocycles. The number of H-pyrrole nitrogens is 1. The summed E-state index contributed by atoms with van der Waals surface area (Å²) >= 11 is 0. The Balaban J connectivity index is 2.99. The van der Waals surface area contributed by atoms with Crippen molar-refractivity contribution in [2.24, 2.45) is 0 Å². The van der Waals surface area contributed by atoms with Gasteiger partial charge >= 0.3 is 0 Å². The van der Waals surface area contributed by atoms with Gasteiger partial charge in [-0.3, -0.25) is 9.89 Å². The number of aliphatic hydroxyl groups is 1. The molecule has 0 saturated carbocycles. The molecule has 0 aliphatic rings. The topological polar surface area (TPSA) is 95.2 Å². The number of nitrogens with two attached hydrogens (primary N) is 1. The molecule has 0 saturated heterocycles. The third kappa shape index (κ3) is 2.33. The number of nitrogens with zero attached hydrogens (tertiary/aromatic N) is 2. The van der Waals surface area contributed by atoms with Gasteiger partial charge in [0.15, 0.2) is 5.82 Å². The Hall–Kier alpha value is -1.56. The predicted octanol–water partition coefficient (Wildman–Crippen LogP) is 0.143. The van der Waals surface area contributed by atoms with Crippen LogP contribution in [-0.2, 0) is 0 Å². The van der Waals surface area contributed by atoms with Crippen molar-refractivity contribution in [2.45, 2.75) is 26.8 Å². The summed E-state index contributed by atoms with van der Waals surface area (Å²) in [5.74, 6) is -0.00103. The minimum Gasteiger partial charge on any atom is -0.395 e. The highest BCUT2D eigenvalue weighted by Gasteiger charge is 2.23. The summed E-state index contributed by atoms with van der Waals surface area (Å²) in [6, 6.07) is 0.00773. The van der Waals surface area contributed by atoms with Gasteiger partial charge in [0.05, 0.1) is 6.61 Å². The largest absolute Gasteiger partial charge is 0.395 e. The van der Waals surface area contributed by atoms with Gasteiger partial charge in [0.2, 0.25) is 0 Å². The van der Waals surface area contributed by atoms with Crippen molar-refractivity contribution < 1.29 is 9.90 Å². The molecule has 0 aliphatic carbocycles. The van der Waals surface area contributed by atoms with Gasteiger partial charge in [-0.15, -0.1) is 0 Å². The number of carbonyl (C=O) groups excluding carboxylic acids is 1. The highest BCUT2D eigenvalue weighted by molar-refractivity contribution is 5.99. The monoisotopic (exact) mass is 226 g/mol. The van der Waals surface area contributed by atoms with E-state index in [-0.39, 0.29) is 24.4 Å². The first kappa shape index (κ1) is 12.5. The normalized spacial score (nSPS) is 10.8. The number of aromatic nitrogens is 2. The van der Waals surface area contributed by atoms with E-state index in [9.17, 15) is 4.79 Å². The molecule has 90 valence electrons. The number of hydrogen-bond acceptors (Lipinski definition) is 4. The standard InChI is InChI=1S/C10H18N4O2/c1-6(2)14(4-5-15)10(16)8-7(3)12-13-9(8)11/h6,15H,4-5H2,1-3H3,(H3,11,12,13). The highest BCUT2D eigenvalue weighted by Crippen LogP contribution is 2.16. The number of nitrogens with one attached hydrogen (secondary N) is 1. The minimum absolute atomic E-state index is 0.00773. The van der Waals surface area contributed by atoms with Crippen molar-refractivity contribution in [2.75, 3.05) is 18.9 Å². The molecule has 4 N–H and O–H groups in total. The summed E-state index contributed by atoms with van der Waals surface area (Å²) in [6.07, 6.45) is 0. The molecule has 0 unspecified atom stereocenters. The average molecular weight is 226 g/mol. The van der Waals surface area contributed by atoms with E-state index < -0.39 is 0 Å². The van der Waals surface area contributed by atoms with E-state index in [0.29, 0.717) is 17.8 Å². The average Bonchev–Trinajstić information content (AvgIpc) is 2.54. The van der Waals surface area contributed by atoms with Crippen LogP contribution in [0.5, 0.6) is 0 Å². The van der Waals surface area contributed by atoms with Crippen molar-refractivity contribution in [3.63, 3.8) is 0 Å². The Labute approximate surface area is 94.4 Å². The quantitative estimate of drug-likeness (QED) is 0.680. The predicted molar refractivity (Wildman–Crippen MR) is 61.0 cm³/mol. The second-order valence-corrected chi connectivity index (χ2v) is 3.92. The molecule has 0 bridgehead atoms. The van der Waals surface area contributed by atoms with Crippen LogP contribution in [0.1, 0.15) is 29.9 Å². The number of aromatic amines is 1. The summed E-state index contributed by atoms with van der Waals surface area (Å²) in [5.41, 5.74) is 6.66. The van der Waals surface area contributed by atoms with Crippen LogP contribution >= 0.6 is 0 Å². The molecular weight excluding hydrogens is 208 g/mol.